The van der Waals surface area contributed by atoms with Crippen LogP contribution in [0, 0.1) is 0 Å². The number of likely N-dealkylation sites (N-methyl/N-ethyl adjacent to an activating group) is 1. The van der Waals surface area contributed by atoms with E-state index in [-0.39, 0.29) is 18.6 Å². The van der Waals surface area contributed by atoms with Gasteiger partial charge in [-0.05, 0) is 17.2 Å². The second kappa shape index (κ2) is 7.22. The Morgan fingerprint density at radius 2 is 1.96 bits per heavy atom. The van der Waals surface area contributed by atoms with E-state index in [0.29, 0.717) is 6.54 Å². The Morgan fingerprint density at radius 3 is 2.77 bits per heavy atom. The molecule has 8 heteroatoms. The fraction of sp³-hybridized carbons (Fsp3) is 0.222. The Labute approximate surface area is 151 Å². The molecule has 0 aliphatic carbocycles. The monoisotopic (exact) mass is 351 g/mol. The van der Waals surface area contributed by atoms with Crippen molar-refractivity contribution in [2.75, 3.05) is 7.05 Å². The van der Waals surface area contributed by atoms with Crippen molar-refractivity contribution in [3.05, 3.63) is 65.9 Å². The van der Waals surface area contributed by atoms with Gasteiger partial charge in [0.05, 0.1) is 5.52 Å². The first-order valence-corrected chi connectivity index (χ1v) is 8.45. The van der Waals surface area contributed by atoms with Crippen molar-refractivity contribution in [1.82, 2.24) is 36.6 Å². The lowest BCUT2D eigenvalue weighted by atomic mass is 10.1. The van der Waals surface area contributed by atoms with E-state index in [1.165, 1.54) is 0 Å². The van der Waals surface area contributed by atoms with E-state index in [0.717, 1.165) is 22.0 Å². The number of amides is 1. The third kappa shape index (κ3) is 3.58. The first-order chi connectivity index (χ1) is 12.7. The van der Waals surface area contributed by atoms with Gasteiger partial charge in [0.15, 0.2) is 0 Å². The lowest BCUT2D eigenvalue weighted by Crippen LogP contribution is -2.33. The summed E-state index contributed by atoms with van der Waals surface area (Å²) in [5.41, 5.74) is 14.8. The van der Waals surface area contributed by atoms with Crippen molar-refractivity contribution >= 4 is 16.8 Å². The van der Waals surface area contributed by atoms with Crippen molar-refractivity contribution in [3.63, 3.8) is 0 Å². The number of aromatic nitrogens is 2. The van der Waals surface area contributed by atoms with Crippen LogP contribution in [0.15, 0.2) is 54.7 Å². The molecule has 4 rings (SSSR count). The summed E-state index contributed by atoms with van der Waals surface area (Å²) in [7, 11) is 1.81. The number of hydrogen-bond acceptors (Lipinski definition) is 6. The van der Waals surface area contributed by atoms with Gasteiger partial charge in [0.2, 0.25) is 5.91 Å². The summed E-state index contributed by atoms with van der Waals surface area (Å²) >= 11 is 0. The molecule has 1 fully saturated rings. The molecule has 0 saturated carbocycles. The summed E-state index contributed by atoms with van der Waals surface area (Å²) < 4.78 is 1.70. The fourth-order valence-corrected chi connectivity index (χ4v) is 3.01. The van der Waals surface area contributed by atoms with Crippen LogP contribution in [0.1, 0.15) is 17.3 Å². The molecular formula is C18H21N7O. The van der Waals surface area contributed by atoms with Gasteiger partial charge in [-0.2, -0.15) is 16.2 Å². The molecule has 1 aliphatic rings. The Hall–Kier alpha value is -2.78. The minimum absolute atomic E-state index is 0.0173. The Kier molecular flexibility index (Phi) is 4.63. The van der Waals surface area contributed by atoms with Crippen LogP contribution in [0.2, 0.25) is 0 Å². The first kappa shape index (κ1) is 16.7. The van der Waals surface area contributed by atoms with Gasteiger partial charge in [-0.25, -0.2) is 10.9 Å². The second-order valence-corrected chi connectivity index (χ2v) is 6.35. The quantitative estimate of drug-likeness (QED) is 0.544. The number of nitrogens with one attached hydrogen (secondary N) is 4. The summed E-state index contributed by atoms with van der Waals surface area (Å²) in [6.07, 6.45) is 1.88. The SMILES string of the molecule is CN(Cc1cccc(C2NNNN2)c1)C(=O)Cn1cc2ccccc2n1. The number of fused-ring (bicyclic) bond motifs is 1. The van der Waals surface area contributed by atoms with Crippen molar-refractivity contribution in [2.24, 2.45) is 0 Å². The zero-order valence-electron chi connectivity index (χ0n) is 14.4. The molecule has 0 atom stereocenters. The van der Waals surface area contributed by atoms with Crippen LogP contribution in [0.5, 0.6) is 0 Å². The van der Waals surface area contributed by atoms with Crippen molar-refractivity contribution < 1.29 is 4.79 Å². The topological polar surface area (TPSA) is 86.3 Å². The Bertz CT molecular complexity index is 884. The maximum Gasteiger partial charge on any atom is 0.244 e. The molecule has 0 unspecified atom stereocenters. The van der Waals surface area contributed by atoms with Gasteiger partial charge < -0.3 is 4.90 Å². The molecule has 1 saturated heterocycles. The van der Waals surface area contributed by atoms with Gasteiger partial charge in [-0.1, -0.05) is 42.5 Å². The maximum absolute atomic E-state index is 12.6. The standard InChI is InChI=1S/C18H21N7O/c1-24(10-13-5-4-7-14(9-13)18-19-22-23-20-18)17(26)12-25-11-15-6-2-3-8-16(15)21-25/h2-9,11,18-20,22-23H,10,12H2,1H3. The lowest BCUT2D eigenvalue weighted by molar-refractivity contribution is -0.131. The fourth-order valence-electron chi connectivity index (χ4n) is 3.01. The first-order valence-electron chi connectivity index (χ1n) is 8.45. The highest BCUT2D eigenvalue weighted by atomic mass is 16.2. The maximum atomic E-state index is 12.6. The number of benzene rings is 2. The summed E-state index contributed by atoms with van der Waals surface area (Å²) in [6.45, 7) is 0.769. The highest BCUT2D eigenvalue weighted by Crippen LogP contribution is 2.15. The molecule has 8 nitrogen and oxygen atoms in total. The van der Waals surface area contributed by atoms with Crippen molar-refractivity contribution in [3.8, 4) is 0 Å². The Morgan fingerprint density at radius 1 is 1.15 bits per heavy atom. The molecule has 26 heavy (non-hydrogen) atoms. The van der Waals surface area contributed by atoms with Gasteiger partial charge in [0.1, 0.15) is 12.7 Å². The van der Waals surface area contributed by atoms with Crippen LogP contribution in [0.4, 0.5) is 0 Å². The van der Waals surface area contributed by atoms with Crippen LogP contribution in [0.25, 0.3) is 10.9 Å². The predicted octanol–water partition coefficient (Wildman–Crippen LogP) is 0.811. The number of rotatable bonds is 5. The molecule has 134 valence electrons. The number of carbonyl (C=O) groups is 1. The number of hydrazine groups is 3. The highest BCUT2D eigenvalue weighted by Gasteiger charge is 2.16. The van der Waals surface area contributed by atoms with Crippen LogP contribution in [-0.2, 0) is 17.9 Å². The molecule has 0 bridgehead atoms. The molecule has 1 aromatic heterocycles. The van der Waals surface area contributed by atoms with Gasteiger partial charge in [-0.3, -0.25) is 9.48 Å². The number of nitrogens with zero attached hydrogens (tertiary/aromatic N) is 3. The normalized spacial score (nSPS) is 14.8. The largest absolute Gasteiger partial charge is 0.340 e. The van der Waals surface area contributed by atoms with Crippen LogP contribution in [-0.4, -0.2) is 27.6 Å². The third-order valence-electron chi connectivity index (χ3n) is 4.38. The number of carbonyl (C=O) groups excluding carboxylic acids is 1. The third-order valence-corrected chi connectivity index (χ3v) is 4.38. The van der Waals surface area contributed by atoms with E-state index in [4.69, 9.17) is 0 Å². The minimum atomic E-state index is -0.0209. The van der Waals surface area contributed by atoms with Crippen LogP contribution in [0.3, 0.4) is 0 Å². The molecule has 0 spiro atoms. The average molecular weight is 351 g/mol. The summed E-state index contributed by atoms with van der Waals surface area (Å²) in [5, 5.41) is 5.48. The van der Waals surface area contributed by atoms with Gasteiger partial charge in [0, 0.05) is 25.2 Å². The van der Waals surface area contributed by atoms with Crippen LogP contribution >= 0.6 is 0 Å². The van der Waals surface area contributed by atoms with E-state index in [2.05, 4.69) is 33.1 Å². The smallest absolute Gasteiger partial charge is 0.244 e. The molecule has 2 heterocycles. The van der Waals surface area contributed by atoms with E-state index in [1.54, 1.807) is 9.58 Å². The molecule has 1 aliphatic heterocycles. The zero-order chi connectivity index (χ0) is 17.9. The van der Waals surface area contributed by atoms with E-state index in [9.17, 15) is 4.79 Å². The highest BCUT2D eigenvalue weighted by molar-refractivity contribution is 5.79. The Balaban J connectivity index is 1.41. The van der Waals surface area contributed by atoms with Gasteiger partial charge >= 0.3 is 0 Å². The van der Waals surface area contributed by atoms with Gasteiger partial charge in [0.25, 0.3) is 0 Å². The molecular weight excluding hydrogens is 330 g/mol. The number of hydrogen-bond donors (Lipinski definition) is 4. The second-order valence-electron chi connectivity index (χ2n) is 6.35. The molecule has 4 N–H and O–H groups in total. The summed E-state index contributed by atoms with van der Waals surface area (Å²) in [6, 6.07) is 16.0. The van der Waals surface area contributed by atoms with Crippen LogP contribution < -0.4 is 21.9 Å². The van der Waals surface area contributed by atoms with Gasteiger partial charge in [-0.15, -0.1) is 0 Å². The predicted molar refractivity (Wildman–Crippen MR) is 97.9 cm³/mol. The van der Waals surface area contributed by atoms with E-state index < -0.39 is 0 Å². The zero-order valence-corrected chi connectivity index (χ0v) is 14.4. The molecule has 2 aromatic carbocycles. The van der Waals surface area contributed by atoms with E-state index >= 15 is 0 Å². The molecule has 1 amide bonds. The molecule has 0 radical (unpaired) electrons. The summed E-state index contributed by atoms with van der Waals surface area (Å²) in [4.78, 5) is 14.3. The average Bonchev–Trinajstić information content (AvgIpc) is 3.31. The van der Waals surface area contributed by atoms with Crippen molar-refractivity contribution in [1.29, 1.82) is 0 Å². The lowest BCUT2D eigenvalue weighted by Gasteiger charge is -2.18. The minimum Gasteiger partial charge on any atom is -0.340 e. The van der Waals surface area contributed by atoms with E-state index in [1.807, 2.05) is 55.7 Å². The molecule has 3 aromatic rings. The van der Waals surface area contributed by atoms with Crippen molar-refractivity contribution in [2.45, 2.75) is 19.3 Å². The summed E-state index contributed by atoms with van der Waals surface area (Å²) in [5.74, 6) is 0.0173.